The molecule has 0 aromatic heterocycles. The number of fused-ring (bicyclic) bond motifs is 1. The minimum Gasteiger partial charge on any atom is -0.482 e. The Bertz CT molecular complexity index is 1250. The van der Waals surface area contributed by atoms with E-state index in [1.807, 2.05) is 25.1 Å². The van der Waals surface area contributed by atoms with Gasteiger partial charge in [-0.25, -0.2) is 4.79 Å². The number of hydrogen-bond donors (Lipinski definition) is 1. The molecule has 8 heteroatoms. The van der Waals surface area contributed by atoms with E-state index >= 15 is 0 Å². The number of nitrogens with one attached hydrogen (secondary N) is 1. The van der Waals surface area contributed by atoms with Crippen molar-refractivity contribution in [3.05, 3.63) is 83.9 Å². The lowest BCUT2D eigenvalue weighted by molar-refractivity contribution is -0.136. The summed E-state index contributed by atoms with van der Waals surface area (Å²) in [5.41, 5.74) is 2.05. The Hall–Kier alpha value is -3.65. The van der Waals surface area contributed by atoms with E-state index in [2.05, 4.69) is 9.71 Å². The molecule has 0 spiro atoms. The quantitative estimate of drug-likeness (QED) is 0.499. The van der Waals surface area contributed by atoms with Crippen molar-refractivity contribution in [3.63, 3.8) is 0 Å². The molecule has 0 aliphatic carbocycles. The summed E-state index contributed by atoms with van der Waals surface area (Å²) in [7, 11) is -3.72. The number of aryl methyl sites for hydroxylation is 1. The van der Waals surface area contributed by atoms with E-state index in [0.717, 1.165) is 5.56 Å². The van der Waals surface area contributed by atoms with Gasteiger partial charge in [0.25, 0.3) is 10.0 Å². The maximum Gasteiger partial charge on any atom is 0.349 e. The van der Waals surface area contributed by atoms with Gasteiger partial charge in [0.05, 0.1) is 0 Å². The van der Waals surface area contributed by atoms with Gasteiger partial charge in [0.2, 0.25) is 0 Å². The van der Waals surface area contributed by atoms with Crippen LogP contribution in [0.1, 0.15) is 11.1 Å². The van der Waals surface area contributed by atoms with E-state index in [-0.39, 0.29) is 17.3 Å². The topological polar surface area (TPSA) is 94.1 Å². The van der Waals surface area contributed by atoms with E-state index in [0.29, 0.717) is 22.7 Å². The van der Waals surface area contributed by atoms with Gasteiger partial charge in [-0.05, 0) is 48.9 Å². The normalized spacial score (nSPS) is 13.8. The molecule has 7 nitrogen and oxygen atoms in total. The first-order valence-electron chi connectivity index (χ1n) is 9.12. The zero-order chi connectivity index (χ0) is 21.1. The number of hydrogen-bond acceptors (Lipinski definition) is 6. The molecule has 0 bridgehead atoms. The third-order valence-corrected chi connectivity index (χ3v) is 5.64. The number of rotatable bonds is 5. The van der Waals surface area contributed by atoms with Gasteiger partial charge >= 0.3 is 5.97 Å². The van der Waals surface area contributed by atoms with Crippen molar-refractivity contribution in [2.24, 2.45) is 4.40 Å². The smallest absolute Gasteiger partial charge is 0.349 e. The highest BCUT2D eigenvalue weighted by atomic mass is 32.2. The van der Waals surface area contributed by atoms with Crippen LogP contribution in [-0.2, 0) is 14.8 Å². The first-order valence-corrected chi connectivity index (χ1v) is 10.6. The third-order valence-electron chi connectivity index (χ3n) is 4.31. The minimum atomic E-state index is -3.72. The maximum atomic E-state index is 12.2. The number of carbonyl (C=O) groups is 1. The summed E-state index contributed by atoms with van der Waals surface area (Å²) in [4.78, 5) is 12.3. The summed E-state index contributed by atoms with van der Waals surface area (Å²) < 4.78 is 38.9. The number of nitrogens with zero attached hydrogens (tertiary/aromatic N) is 1. The molecule has 0 unspecified atom stereocenters. The van der Waals surface area contributed by atoms with Gasteiger partial charge in [-0.1, -0.05) is 30.3 Å². The number of amidine groups is 1. The van der Waals surface area contributed by atoms with Crippen LogP contribution >= 0.6 is 0 Å². The van der Waals surface area contributed by atoms with Crippen LogP contribution in [0, 0.1) is 6.92 Å². The van der Waals surface area contributed by atoms with Gasteiger partial charge in [-0.2, -0.15) is 8.42 Å². The highest BCUT2D eigenvalue weighted by Crippen LogP contribution is 2.27. The Balaban J connectivity index is 1.43. The zero-order valence-corrected chi connectivity index (χ0v) is 16.8. The van der Waals surface area contributed by atoms with Crippen molar-refractivity contribution < 1.29 is 22.7 Å². The number of anilines is 1. The molecule has 1 heterocycles. The lowest BCUT2D eigenvalue weighted by atomic mass is 10.2. The van der Waals surface area contributed by atoms with Gasteiger partial charge in [0, 0.05) is 17.3 Å². The Labute approximate surface area is 174 Å². The monoisotopic (exact) mass is 422 g/mol. The van der Waals surface area contributed by atoms with Crippen molar-refractivity contribution in [1.29, 1.82) is 0 Å². The first kappa shape index (κ1) is 19.7. The van der Waals surface area contributed by atoms with Crippen LogP contribution in [0.5, 0.6) is 11.5 Å². The molecular formula is C22H18N2O5S. The second-order valence-corrected chi connectivity index (χ2v) is 8.22. The number of carbonyl (C=O) groups excluding carboxylic acids is 1. The van der Waals surface area contributed by atoms with E-state index in [4.69, 9.17) is 9.47 Å². The number of ether oxygens (including phenoxy) is 2. The molecule has 0 saturated carbocycles. The number of sulfonamides is 1. The van der Waals surface area contributed by atoms with Crippen LogP contribution in [-0.4, -0.2) is 26.8 Å². The lowest BCUT2D eigenvalue weighted by Crippen LogP contribution is -2.18. The first-order chi connectivity index (χ1) is 14.4. The minimum absolute atomic E-state index is 0.156. The fraction of sp³-hybridized carbons (Fsp3) is 0.0909. The SMILES string of the molecule is Cc1cccc(OCC(=O)Oc2cccc(NC3=NS(=O)(=O)c4ccccc43)c2)c1. The summed E-state index contributed by atoms with van der Waals surface area (Å²) in [6, 6.07) is 20.5. The predicted molar refractivity (Wildman–Crippen MR) is 113 cm³/mol. The van der Waals surface area contributed by atoms with Crippen molar-refractivity contribution >= 4 is 27.5 Å². The van der Waals surface area contributed by atoms with Crippen molar-refractivity contribution in [2.45, 2.75) is 11.8 Å². The van der Waals surface area contributed by atoms with Gasteiger partial charge in [0.15, 0.2) is 12.4 Å². The molecule has 30 heavy (non-hydrogen) atoms. The summed E-state index contributed by atoms with van der Waals surface area (Å²) in [6.07, 6.45) is 0. The highest BCUT2D eigenvalue weighted by Gasteiger charge is 2.28. The second-order valence-electron chi connectivity index (χ2n) is 6.64. The maximum absolute atomic E-state index is 12.2. The largest absolute Gasteiger partial charge is 0.482 e. The number of esters is 1. The third kappa shape index (κ3) is 4.33. The van der Waals surface area contributed by atoms with E-state index in [9.17, 15) is 13.2 Å². The van der Waals surface area contributed by atoms with Gasteiger partial charge in [-0.3, -0.25) is 0 Å². The Morgan fingerprint density at radius 2 is 1.73 bits per heavy atom. The van der Waals surface area contributed by atoms with Crippen LogP contribution in [0.3, 0.4) is 0 Å². The highest BCUT2D eigenvalue weighted by molar-refractivity contribution is 7.90. The van der Waals surface area contributed by atoms with Crippen LogP contribution in [0.25, 0.3) is 0 Å². The molecule has 0 atom stereocenters. The molecule has 3 aromatic rings. The molecule has 0 saturated heterocycles. The summed E-state index contributed by atoms with van der Waals surface area (Å²) in [6.45, 7) is 1.70. The average molecular weight is 422 g/mol. The molecule has 0 fully saturated rings. The van der Waals surface area contributed by atoms with Crippen LogP contribution in [0.2, 0.25) is 0 Å². The van der Waals surface area contributed by atoms with Crippen molar-refractivity contribution in [1.82, 2.24) is 0 Å². The molecule has 3 aromatic carbocycles. The molecule has 1 aliphatic heterocycles. The Morgan fingerprint density at radius 1 is 0.967 bits per heavy atom. The van der Waals surface area contributed by atoms with E-state index in [1.165, 1.54) is 6.07 Å². The van der Waals surface area contributed by atoms with Gasteiger partial charge in [-0.15, -0.1) is 4.40 Å². The van der Waals surface area contributed by atoms with Crippen LogP contribution in [0.15, 0.2) is 82.1 Å². The van der Waals surface area contributed by atoms with Crippen LogP contribution < -0.4 is 14.8 Å². The molecule has 0 amide bonds. The lowest BCUT2D eigenvalue weighted by Gasteiger charge is -2.10. The summed E-state index contributed by atoms with van der Waals surface area (Å²) in [5.74, 6) is 0.547. The second kappa shape index (κ2) is 8.00. The van der Waals surface area contributed by atoms with Crippen LogP contribution in [0.4, 0.5) is 5.69 Å². The van der Waals surface area contributed by atoms with Crippen molar-refractivity contribution in [3.8, 4) is 11.5 Å². The summed E-state index contributed by atoms with van der Waals surface area (Å²) >= 11 is 0. The van der Waals surface area contributed by atoms with Gasteiger partial charge in [0.1, 0.15) is 16.4 Å². The van der Waals surface area contributed by atoms with E-state index < -0.39 is 16.0 Å². The predicted octanol–water partition coefficient (Wildman–Crippen LogP) is 3.54. The van der Waals surface area contributed by atoms with Crippen molar-refractivity contribution in [2.75, 3.05) is 11.9 Å². The van der Waals surface area contributed by atoms with Gasteiger partial charge < -0.3 is 14.8 Å². The molecular weight excluding hydrogens is 404 g/mol. The standard InChI is InChI=1S/C22H18N2O5S/c1-15-6-4-8-17(12-15)28-14-21(25)29-18-9-5-7-16(13-18)23-22-19-10-2-3-11-20(19)30(26,27)24-22/h2-13H,14H2,1H3,(H,23,24). The fourth-order valence-electron chi connectivity index (χ4n) is 2.98. The zero-order valence-electron chi connectivity index (χ0n) is 16.0. The fourth-order valence-corrected chi connectivity index (χ4v) is 4.15. The average Bonchev–Trinajstić information content (AvgIpc) is 2.97. The Morgan fingerprint density at radius 3 is 2.57 bits per heavy atom. The molecule has 4 rings (SSSR count). The summed E-state index contributed by atoms with van der Waals surface area (Å²) in [5, 5.41) is 2.98. The van der Waals surface area contributed by atoms with E-state index in [1.54, 1.807) is 48.5 Å². The molecule has 1 N–H and O–H groups in total. The molecule has 0 radical (unpaired) electrons. The Kier molecular flexibility index (Phi) is 5.24. The molecule has 152 valence electrons. The molecule has 1 aliphatic rings. The number of benzene rings is 3.